The lowest BCUT2D eigenvalue weighted by atomic mass is 10.1. The van der Waals surface area contributed by atoms with E-state index >= 15 is 0 Å². The van der Waals surface area contributed by atoms with E-state index in [1.807, 2.05) is 13.0 Å². The van der Waals surface area contributed by atoms with E-state index < -0.39 is 0 Å². The molecule has 1 aliphatic carbocycles. The van der Waals surface area contributed by atoms with Crippen LogP contribution in [0.1, 0.15) is 24.5 Å². The molecule has 120 valence electrons. The van der Waals surface area contributed by atoms with Gasteiger partial charge < -0.3 is 10.6 Å². The van der Waals surface area contributed by atoms with Gasteiger partial charge in [-0.2, -0.15) is 0 Å². The Balaban J connectivity index is 1.67. The molecule has 5 heteroatoms. The van der Waals surface area contributed by atoms with Crippen LogP contribution in [0.25, 0.3) is 0 Å². The molecular weight excluding hydrogens is 331 g/mol. The van der Waals surface area contributed by atoms with Crippen LogP contribution in [0.4, 0.5) is 11.4 Å². The van der Waals surface area contributed by atoms with Crippen molar-refractivity contribution in [2.24, 2.45) is 0 Å². The minimum Gasteiger partial charge on any atom is -0.374 e. The first-order valence-electron chi connectivity index (χ1n) is 7.67. The second-order valence-corrected chi connectivity index (χ2v) is 6.66. The summed E-state index contributed by atoms with van der Waals surface area (Å²) < 4.78 is 0. The first kappa shape index (κ1) is 16.2. The van der Waals surface area contributed by atoms with Crippen molar-refractivity contribution in [2.45, 2.75) is 32.2 Å². The van der Waals surface area contributed by atoms with Gasteiger partial charge in [0, 0.05) is 10.7 Å². The Kier molecular flexibility index (Phi) is 4.79. The van der Waals surface area contributed by atoms with Gasteiger partial charge in [-0.3, -0.25) is 4.79 Å². The highest BCUT2D eigenvalue weighted by Crippen LogP contribution is 2.27. The van der Waals surface area contributed by atoms with Crippen LogP contribution in [-0.2, 0) is 17.6 Å². The van der Waals surface area contributed by atoms with E-state index in [4.69, 9.17) is 23.2 Å². The molecule has 0 spiro atoms. The number of carbonyl (C=O) groups is 1. The number of fused-ring (bicyclic) bond motifs is 1. The number of anilines is 2. The first-order chi connectivity index (χ1) is 11.0. The maximum atomic E-state index is 12.3. The maximum Gasteiger partial charge on any atom is 0.246 e. The van der Waals surface area contributed by atoms with E-state index in [9.17, 15) is 4.79 Å². The highest BCUT2D eigenvalue weighted by Gasteiger charge is 2.16. The molecule has 2 N–H and O–H groups in total. The molecule has 0 saturated carbocycles. The SMILES string of the molecule is CC(Nc1ccc2c(c1)CCC2)C(=O)Nc1cc(Cl)ccc1Cl. The van der Waals surface area contributed by atoms with Gasteiger partial charge >= 0.3 is 0 Å². The summed E-state index contributed by atoms with van der Waals surface area (Å²) in [4.78, 5) is 12.3. The van der Waals surface area contributed by atoms with Gasteiger partial charge in [0.25, 0.3) is 0 Å². The van der Waals surface area contributed by atoms with Crippen molar-refractivity contribution >= 4 is 40.5 Å². The number of nitrogens with one attached hydrogen (secondary N) is 2. The summed E-state index contributed by atoms with van der Waals surface area (Å²) in [6.07, 6.45) is 3.48. The lowest BCUT2D eigenvalue weighted by Crippen LogP contribution is -2.32. The molecule has 0 heterocycles. The third-order valence-corrected chi connectivity index (χ3v) is 4.63. The number of benzene rings is 2. The van der Waals surface area contributed by atoms with Gasteiger partial charge in [0.15, 0.2) is 0 Å². The van der Waals surface area contributed by atoms with E-state index in [1.54, 1.807) is 18.2 Å². The largest absolute Gasteiger partial charge is 0.374 e. The van der Waals surface area contributed by atoms with Crippen molar-refractivity contribution < 1.29 is 4.79 Å². The van der Waals surface area contributed by atoms with Crippen LogP contribution in [0, 0.1) is 0 Å². The summed E-state index contributed by atoms with van der Waals surface area (Å²) in [6.45, 7) is 1.82. The predicted molar refractivity (Wildman–Crippen MR) is 96.6 cm³/mol. The minimum absolute atomic E-state index is 0.158. The molecule has 2 aromatic carbocycles. The monoisotopic (exact) mass is 348 g/mol. The Morgan fingerprint density at radius 1 is 1.09 bits per heavy atom. The Hall–Kier alpha value is -1.71. The fraction of sp³-hybridized carbons (Fsp3) is 0.278. The Labute approximate surface area is 146 Å². The van der Waals surface area contributed by atoms with Crippen LogP contribution in [-0.4, -0.2) is 11.9 Å². The number of halogens is 2. The number of hydrogen-bond donors (Lipinski definition) is 2. The molecule has 0 saturated heterocycles. The Bertz CT molecular complexity index is 746. The fourth-order valence-corrected chi connectivity index (χ4v) is 3.15. The van der Waals surface area contributed by atoms with Crippen LogP contribution < -0.4 is 10.6 Å². The van der Waals surface area contributed by atoms with Crippen molar-refractivity contribution in [3.8, 4) is 0 Å². The molecular formula is C18H18Cl2N2O. The Morgan fingerprint density at radius 3 is 2.70 bits per heavy atom. The second kappa shape index (κ2) is 6.81. The smallest absolute Gasteiger partial charge is 0.246 e. The Morgan fingerprint density at radius 2 is 1.87 bits per heavy atom. The molecule has 2 aromatic rings. The lowest BCUT2D eigenvalue weighted by Gasteiger charge is -2.17. The van der Waals surface area contributed by atoms with Gasteiger partial charge in [-0.25, -0.2) is 0 Å². The summed E-state index contributed by atoms with van der Waals surface area (Å²) in [5.74, 6) is -0.158. The number of amides is 1. The number of rotatable bonds is 4. The first-order valence-corrected chi connectivity index (χ1v) is 8.43. The highest BCUT2D eigenvalue weighted by atomic mass is 35.5. The van der Waals surface area contributed by atoms with E-state index in [1.165, 1.54) is 17.5 Å². The van der Waals surface area contributed by atoms with Crippen molar-refractivity contribution in [3.05, 3.63) is 57.6 Å². The van der Waals surface area contributed by atoms with Gasteiger partial charge in [0.1, 0.15) is 6.04 Å². The number of aryl methyl sites for hydroxylation is 2. The highest BCUT2D eigenvalue weighted by molar-refractivity contribution is 6.35. The molecule has 1 amide bonds. The molecule has 23 heavy (non-hydrogen) atoms. The summed E-state index contributed by atoms with van der Waals surface area (Å²) in [6, 6.07) is 10.9. The molecule has 0 fully saturated rings. The van der Waals surface area contributed by atoms with Gasteiger partial charge in [-0.05, 0) is 67.6 Å². The van der Waals surface area contributed by atoms with Crippen molar-refractivity contribution in [1.82, 2.24) is 0 Å². The zero-order chi connectivity index (χ0) is 16.4. The van der Waals surface area contributed by atoms with Gasteiger partial charge in [-0.1, -0.05) is 29.3 Å². The summed E-state index contributed by atoms with van der Waals surface area (Å²) >= 11 is 12.0. The molecule has 1 atom stereocenters. The maximum absolute atomic E-state index is 12.3. The third-order valence-electron chi connectivity index (χ3n) is 4.06. The van der Waals surface area contributed by atoms with Crippen molar-refractivity contribution in [3.63, 3.8) is 0 Å². The molecule has 0 aromatic heterocycles. The summed E-state index contributed by atoms with van der Waals surface area (Å²) in [5.41, 5.74) is 4.27. The van der Waals surface area contributed by atoms with Crippen molar-refractivity contribution in [1.29, 1.82) is 0 Å². The van der Waals surface area contributed by atoms with Gasteiger partial charge in [0.2, 0.25) is 5.91 Å². The topological polar surface area (TPSA) is 41.1 Å². The summed E-state index contributed by atoms with van der Waals surface area (Å²) in [7, 11) is 0. The quantitative estimate of drug-likeness (QED) is 0.823. The predicted octanol–water partition coefficient (Wildman–Crippen LogP) is 4.92. The molecule has 0 aliphatic heterocycles. The molecule has 0 radical (unpaired) electrons. The summed E-state index contributed by atoms with van der Waals surface area (Å²) in [5, 5.41) is 7.04. The van der Waals surface area contributed by atoms with Crippen LogP contribution >= 0.6 is 23.2 Å². The van der Waals surface area contributed by atoms with E-state index in [-0.39, 0.29) is 11.9 Å². The number of carbonyl (C=O) groups excluding carboxylic acids is 1. The normalized spacial score (nSPS) is 14.2. The zero-order valence-electron chi connectivity index (χ0n) is 12.8. The van der Waals surface area contributed by atoms with Crippen LogP contribution in [0.2, 0.25) is 10.0 Å². The molecule has 3 nitrogen and oxygen atoms in total. The molecule has 1 aliphatic rings. The third kappa shape index (κ3) is 3.80. The van der Waals surface area contributed by atoms with E-state index in [2.05, 4.69) is 22.8 Å². The lowest BCUT2D eigenvalue weighted by molar-refractivity contribution is -0.116. The average Bonchev–Trinajstić information content (AvgIpc) is 2.98. The second-order valence-electron chi connectivity index (χ2n) is 5.82. The standard InChI is InChI=1S/C18H18Cl2N2O/c1-11(18(23)22-17-10-14(19)6-8-16(17)20)21-15-7-5-12-3-2-4-13(12)9-15/h5-11,21H,2-4H2,1H3,(H,22,23). The number of hydrogen-bond acceptors (Lipinski definition) is 2. The van der Waals surface area contributed by atoms with Crippen LogP contribution in [0.5, 0.6) is 0 Å². The molecule has 3 rings (SSSR count). The van der Waals surface area contributed by atoms with Crippen LogP contribution in [0.15, 0.2) is 36.4 Å². The zero-order valence-corrected chi connectivity index (χ0v) is 14.3. The van der Waals surface area contributed by atoms with Gasteiger partial charge in [-0.15, -0.1) is 0 Å². The van der Waals surface area contributed by atoms with E-state index in [0.717, 1.165) is 18.5 Å². The van der Waals surface area contributed by atoms with Gasteiger partial charge in [0.05, 0.1) is 10.7 Å². The average molecular weight is 349 g/mol. The van der Waals surface area contributed by atoms with Crippen molar-refractivity contribution in [2.75, 3.05) is 10.6 Å². The fourth-order valence-electron chi connectivity index (χ4n) is 2.81. The molecule has 1 unspecified atom stereocenters. The van der Waals surface area contributed by atoms with Crippen LogP contribution in [0.3, 0.4) is 0 Å². The van der Waals surface area contributed by atoms with E-state index in [0.29, 0.717) is 15.7 Å². The minimum atomic E-state index is -0.385. The molecule has 0 bridgehead atoms.